The van der Waals surface area contributed by atoms with E-state index >= 15 is 0 Å². The third-order valence-corrected chi connectivity index (χ3v) is 4.66. The highest BCUT2D eigenvalue weighted by Gasteiger charge is 2.26. The first kappa shape index (κ1) is 14.0. The fraction of sp³-hybridized carbons (Fsp3) is 0.625. The second-order valence-corrected chi connectivity index (χ2v) is 5.99. The number of benzene rings is 1. The molecule has 1 heterocycles. The lowest BCUT2D eigenvalue weighted by Crippen LogP contribution is -2.49. The van der Waals surface area contributed by atoms with Gasteiger partial charge in [-0.25, -0.2) is 8.78 Å². The van der Waals surface area contributed by atoms with Crippen molar-refractivity contribution in [2.24, 2.45) is 0 Å². The van der Waals surface area contributed by atoms with E-state index in [1.165, 1.54) is 31.7 Å². The predicted molar refractivity (Wildman–Crippen MR) is 75.5 cm³/mol. The van der Waals surface area contributed by atoms with Gasteiger partial charge >= 0.3 is 0 Å². The molecule has 4 heteroatoms. The average molecular weight is 280 g/mol. The Morgan fingerprint density at radius 2 is 1.70 bits per heavy atom. The molecule has 2 fully saturated rings. The van der Waals surface area contributed by atoms with Crippen molar-refractivity contribution < 1.29 is 8.78 Å². The Morgan fingerprint density at radius 3 is 2.35 bits per heavy atom. The van der Waals surface area contributed by atoms with Crippen molar-refractivity contribution in [3.8, 4) is 0 Å². The lowest BCUT2D eigenvalue weighted by Gasteiger charge is -2.38. The summed E-state index contributed by atoms with van der Waals surface area (Å²) in [6.07, 6.45) is 5.41. The Bertz CT molecular complexity index is 450. The van der Waals surface area contributed by atoms with Crippen molar-refractivity contribution in [3.05, 3.63) is 35.4 Å². The summed E-state index contributed by atoms with van der Waals surface area (Å²) in [6.45, 7) is 4.70. The van der Waals surface area contributed by atoms with Crippen LogP contribution >= 0.6 is 0 Å². The highest BCUT2D eigenvalue weighted by Crippen LogP contribution is 2.24. The highest BCUT2D eigenvalue weighted by molar-refractivity contribution is 5.18. The normalized spacial score (nSPS) is 22.5. The lowest BCUT2D eigenvalue weighted by atomic mass is 10.1. The summed E-state index contributed by atoms with van der Waals surface area (Å²) in [7, 11) is 0. The first-order valence-electron chi connectivity index (χ1n) is 7.63. The van der Waals surface area contributed by atoms with Gasteiger partial charge in [-0.1, -0.05) is 18.9 Å². The fourth-order valence-electron chi connectivity index (χ4n) is 3.45. The zero-order valence-corrected chi connectivity index (χ0v) is 11.8. The van der Waals surface area contributed by atoms with Crippen molar-refractivity contribution in [2.45, 2.75) is 38.3 Å². The molecule has 0 amide bonds. The maximum Gasteiger partial charge on any atom is 0.130 e. The van der Waals surface area contributed by atoms with Gasteiger partial charge in [0.25, 0.3) is 0 Å². The van der Waals surface area contributed by atoms with Crippen LogP contribution in [0.5, 0.6) is 0 Å². The molecule has 0 radical (unpaired) electrons. The Balaban J connectivity index is 1.53. The molecule has 1 saturated carbocycles. The van der Waals surface area contributed by atoms with Gasteiger partial charge in [0.2, 0.25) is 0 Å². The number of halogens is 2. The molecule has 0 unspecified atom stereocenters. The van der Waals surface area contributed by atoms with Crippen LogP contribution in [-0.4, -0.2) is 42.0 Å². The van der Waals surface area contributed by atoms with Crippen molar-refractivity contribution >= 4 is 0 Å². The molecule has 3 rings (SSSR count). The van der Waals surface area contributed by atoms with Gasteiger partial charge in [0.15, 0.2) is 0 Å². The molecule has 1 aromatic rings. The smallest absolute Gasteiger partial charge is 0.130 e. The van der Waals surface area contributed by atoms with Gasteiger partial charge in [-0.3, -0.25) is 9.80 Å². The largest absolute Gasteiger partial charge is 0.298 e. The van der Waals surface area contributed by atoms with Crippen molar-refractivity contribution in [1.82, 2.24) is 9.80 Å². The van der Waals surface area contributed by atoms with E-state index in [1.807, 2.05) is 0 Å². The minimum Gasteiger partial charge on any atom is -0.298 e. The molecule has 20 heavy (non-hydrogen) atoms. The van der Waals surface area contributed by atoms with Gasteiger partial charge < -0.3 is 0 Å². The van der Waals surface area contributed by atoms with Crippen molar-refractivity contribution in [1.29, 1.82) is 0 Å². The summed E-state index contributed by atoms with van der Waals surface area (Å²) < 4.78 is 26.5. The summed E-state index contributed by atoms with van der Waals surface area (Å²) in [6, 6.07) is 4.66. The summed E-state index contributed by atoms with van der Waals surface area (Å²) in [5.41, 5.74) is 0.598. The quantitative estimate of drug-likeness (QED) is 0.840. The van der Waals surface area contributed by atoms with Crippen LogP contribution in [0.3, 0.4) is 0 Å². The molecule has 1 aromatic carbocycles. The molecule has 0 aromatic heterocycles. The zero-order chi connectivity index (χ0) is 13.9. The van der Waals surface area contributed by atoms with Crippen molar-refractivity contribution in [2.75, 3.05) is 26.2 Å². The van der Waals surface area contributed by atoms with E-state index in [-0.39, 0.29) is 0 Å². The maximum absolute atomic E-state index is 13.7. The Morgan fingerprint density at radius 1 is 1.00 bits per heavy atom. The molecule has 1 aliphatic carbocycles. The number of hydrogen-bond acceptors (Lipinski definition) is 2. The Hall–Kier alpha value is -1.00. The number of hydrogen-bond donors (Lipinski definition) is 0. The minimum absolute atomic E-state index is 0.428. The third kappa shape index (κ3) is 3.18. The monoisotopic (exact) mass is 280 g/mol. The number of nitrogens with zero attached hydrogens (tertiary/aromatic N) is 2. The molecule has 0 spiro atoms. The van der Waals surface area contributed by atoms with Crippen LogP contribution in [0.2, 0.25) is 0 Å². The van der Waals surface area contributed by atoms with Crippen LogP contribution in [0, 0.1) is 11.6 Å². The number of piperazine rings is 1. The van der Waals surface area contributed by atoms with E-state index in [4.69, 9.17) is 0 Å². The van der Waals surface area contributed by atoms with E-state index in [2.05, 4.69) is 9.80 Å². The second-order valence-electron chi connectivity index (χ2n) is 5.99. The number of rotatable bonds is 3. The van der Waals surface area contributed by atoms with E-state index in [0.717, 1.165) is 38.3 Å². The topological polar surface area (TPSA) is 6.48 Å². The SMILES string of the molecule is Fc1ccc(CN2CCN(C3CCCC3)CC2)c(F)c1. The molecule has 2 nitrogen and oxygen atoms in total. The molecule has 110 valence electrons. The van der Waals surface area contributed by atoms with Crippen LogP contribution in [-0.2, 0) is 6.54 Å². The average Bonchev–Trinajstić information content (AvgIpc) is 2.97. The van der Waals surface area contributed by atoms with Crippen molar-refractivity contribution in [3.63, 3.8) is 0 Å². The molecule has 1 saturated heterocycles. The highest BCUT2D eigenvalue weighted by atomic mass is 19.1. The van der Waals surface area contributed by atoms with E-state index in [1.54, 1.807) is 6.07 Å². The summed E-state index contributed by atoms with van der Waals surface area (Å²) >= 11 is 0. The standard InChI is InChI=1S/C16H22F2N2/c17-14-6-5-13(16(18)11-14)12-19-7-9-20(10-8-19)15-3-1-2-4-15/h5-6,11,15H,1-4,7-10,12H2. The summed E-state index contributed by atoms with van der Waals surface area (Å²) in [4.78, 5) is 4.85. The fourth-order valence-corrected chi connectivity index (χ4v) is 3.45. The second kappa shape index (κ2) is 6.19. The van der Waals surface area contributed by atoms with Gasteiger partial charge in [0.1, 0.15) is 11.6 Å². The summed E-state index contributed by atoms with van der Waals surface area (Å²) in [5.74, 6) is -0.930. The van der Waals surface area contributed by atoms with Gasteiger partial charge in [-0.05, 0) is 18.9 Å². The third-order valence-electron chi connectivity index (χ3n) is 4.66. The first-order valence-corrected chi connectivity index (χ1v) is 7.63. The van der Waals surface area contributed by atoms with Crippen LogP contribution in [0.25, 0.3) is 0 Å². The Kier molecular flexibility index (Phi) is 4.32. The molecule has 0 atom stereocenters. The Labute approximate surface area is 119 Å². The molecule has 1 aliphatic heterocycles. The van der Waals surface area contributed by atoms with E-state index in [9.17, 15) is 8.78 Å². The van der Waals surface area contributed by atoms with E-state index < -0.39 is 11.6 Å². The lowest BCUT2D eigenvalue weighted by molar-refractivity contribution is 0.0930. The van der Waals surface area contributed by atoms with Crippen LogP contribution in [0.15, 0.2) is 18.2 Å². The zero-order valence-electron chi connectivity index (χ0n) is 11.8. The molecular formula is C16H22F2N2. The molecular weight excluding hydrogens is 258 g/mol. The molecule has 2 aliphatic rings. The van der Waals surface area contributed by atoms with Gasteiger partial charge in [-0.15, -0.1) is 0 Å². The van der Waals surface area contributed by atoms with Gasteiger partial charge in [0.05, 0.1) is 0 Å². The minimum atomic E-state index is -0.502. The van der Waals surface area contributed by atoms with Gasteiger partial charge in [-0.2, -0.15) is 0 Å². The van der Waals surface area contributed by atoms with Crippen LogP contribution in [0.1, 0.15) is 31.2 Å². The maximum atomic E-state index is 13.7. The van der Waals surface area contributed by atoms with E-state index in [0.29, 0.717) is 12.1 Å². The predicted octanol–water partition coefficient (Wildman–Crippen LogP) is 3.03. The van der Waals surface area contributed by atoms with Gasteiger partial charge in [0, 0.05) is 50.4 Å². The molecule has 0 N–H and O–H groups in total. The molecule has 0 bridgehead atoms. The van der Waals surface area contributed by atoms with Crippen LogP contribution in [0.4, 0.5) is 8.78 Å². The summed E-state index contributed by atoms with van der Waals surface area (Å²) in [5, 5.41) is 0. The first-order chi connectivity index (χ1) is 9.72. The van der Waals surface area contributed by atoms with Crippen LogP contribution < -0.4 is 0 Å².